The Bertz CT molecular complexity index is 719. The number of amides is 2. The van der Waals surface area contributed by atoms with E-state index in [4.69, 9.17) is 9.26 Å². The summed E-state index contributed by atoms with van der Waals surface area (Å²) in [6, 6.07) is 7.88. The number of nitrogens with one attached hydrogen (secondary N) is 2. The molecule has 2 aromatic rings. The van der Waals surface area contributed by atoms with Crippen LogP contribution in [0.1, 0.15) is 37.6 Å². The lowest BCUT2D eigenvalue weighted by atomic mass is 10.1. The largest absolute Gasteiger partial charge is 0.482 e. The molecule has 7 heteroatoms. The van der Waals surface area contributed by atoms with Crippen LogP contribution in [0.5, 0.6) is 5.75 Å². The summed E-state index contributed by atoms with van der Waals surface area (Å²) >= 11 is 0. The van der Waals surface area contributed by atoms with Crippen LogP contribution >= 0.6 is 0 Å². The molecule has 1 saturated carbocycles. The Balaban J connectivity index is 1.42. The number of nitrogens with zero attached hydrogens (tertiary/aromatic N) is 1. The SMILES string of the molecule is C[C@@H]1CC[C@@H](NC(=O)NCc2cc(COc3ccccc3F)on2)C1. The van der Waals surface area contributed by atoms with Gasteiger partial charge in [-0.05, 0) is 37.3 Å². The van der Waals surface area contributed by atoms with E-state index in [2.05, 4.69) is 22.7 Å². The predicted octanol–water partition coefficient (Wildman–Crippen LogP) is 3.38. The number of rotatable bonds is 6. The van der Waals surface area contributed by atoms with E-state index in [1.54, 1.807) is 24.3 Å². The minimum Gasteiger partial charge on any atom is -0.482 e. The average Bonchev–Trinajstić information content (AvgIpc) is 3.21. The normalized spacial score (nSPS) is 19.6. The molecule has 134 valence electrons. The minimum absolute atomic E-state index is 0.0695. The van der Waals surface area contributed by atoms with E-state index in [1.165, 1.54) is 6.07 Å². The number of hydrogen-bond acceptors (Lipinski definition) is 4. The quantitative estimate of drug-likeness (QED) is 0.840. The van der Waals surface area contributed by atoms with Gasteiger partial charge in [-0.2, -0.15) is 0 Å². The topological polar surface area (TPSA) is 76.4 Å². The summed E-state index contributed by atoms with van der Waals surface area (Å²) in [5.41, 5.74) is 0.585. The van der Waals surface area contributed by atoms with Gasteiger partial charge in [-0.1, -0.05) is 24.2 Å². The molecule has 1 aromatic heterocycles. The van der Waals surface area contributed by atoms with Crippen LogP contribution in [-0.4, -0.2) is 17.2 Å². The predicted molar refractivity (Wildman–Crippen MR) is 89.4 cm³/mol. The Morgan fingerprint density at radius 3 is 3.00 bits per heavy atom. The third-order valence-electron chi connectivity index (χ3n) is 4.27. The van der Waals surface area contributed by atoms with Crippen LogP contribution < -0.4 is 15.4 Å². The van der Waals surface area contributed by atoms with Crippen molar-refractivity contribution >= 4 is 6.03 Å². The number of hydrogen-bond donors (Lipinski definition) is 2. The Hall–Kier alpha value is -2.57. The van der Waals surface area contributed by atoms with E-state index in [-0.39, 0.29) is 31.0 Å². The van der Waals surface area contributed by atoms with Crippen molar-refractivity contribution in [3.63, 3.8) is 0 Å². The first kappa shape index (κ1) is 17.3. The van der Waals surface area contributed by atoms with Crippen molar-refractivity contribution in [3.05, 3.63) is 47.6 Å². The maximum Gasteiger partial charge on any atom is 0.315 e. The average molecular weight is 347 g/mol. The Morgan fingerprint density at radius 1 is 1.40 bits per heavy atom. The van der Waals surface area contributed by atoms with Gasteiger partial charge in [0.15, 0.2) is 17.3 Å². The van der Waals surface area contributed by atoms with Gasteiger partial charge in [0, 0.05) is 12.1 Å². The maximum absolute atomic E-state index is 13.5. The molecule has 2 atom stereocenters. The van der Waals surface area contributed by atoms with Gasteiger partial charge in [0.2, 0.25) is 0 Å². The first-order valence-electron chi connectivity index (χ1n) is 8.46. The lowest BCUT2D eigenvalue weighted by Gasteiger charge is -2.12. The molecule has 1 aliphatic carbocycles. The highest BCUT2D eigenvalue weighted by atomic mass is 19.1. The zero-order valence-corrected chi connectivity index (χ0v) is 14.1. The zero-order valence-electron chi connectivity index (χ0n) is 14.1. The highest BCUT2D eigenvalue weighted by Crippen LogP contribution is 2.24. The summed E-state index contributed by atoms with van der Waals surface area (Å²) in [5.74, 6) is 0.855. The molecule has 0 radical (unpaired) electrons. The number of aromatic nitrogens is 1. The van der Waals surface area contributed by atoms with Crippen molar-refractivity contribution in [1.29, 1.82) is 0 Å². The first-order valence-corrected chi connectivity index (χ1v) is 8.46. The van der Waals surface area contributed by atoms with Crippen molar-refractivity contribution in [2.75, 3.05) is 0 Å². The zero-order chi connectivity index (χ0) is 17.6. The molecule has 2 amide bonds. The number of benzene rings is 1. The van der Waals surface area contributed by atoms with Gasteiger partial charge < -0.3 is 19.9 Å². The van der Waals surface area contributed by atoms with Crippen LogP contribution in [-0.2, 0) is 13.2 Å². The van der Waals surface area contributed by atoms with Crippen molar-refractivity contribution in [3.8, 4) is 5.75 Å². The van der Waals surface area contributed by atoms with Gasteiger partial charge in [0.25, 0.3) is 0 Å². The van der Waals surface area contributed by atoms with Crippen LogP contribution in [0.3, 0.4) is 0 Å². The number of para-hydroxylation sites is 1. The second kappa shape index (κ2) is 8.00. The van der Waals surface area contributed by atoms with E-state index in [0.717, 1.165) is 19.3 Å². The fourth-order valence-corrected chi connectivity index (χ4v) is 2.96. The summed E-state index contributed by atoms with van der Waals surface area (Å²) in [6.07, 6.45) is 3.20. The molecule has 1 aromatic carbocycles. The Kier molecular flexibility index (Phi) is 5.53. The summed E-state index contributed by atoms with van der Waals surface area (Å²) in [4.78, 5) is 11.9. The molecule has 0 spiro atoms. The van der Waals surface area contributed by atoms with Gasteiger partial charge >= 0.3 is 6.03 Å². The number of ether oxygens (including phenoxy) is 1. The van der Waals surface area contributed by atoms with Crippen molar-refractivity contribution < 1.29 is 18.4 Å². The molecule has 0 unspecified atom stereocenters. The monoisotopic (exact) mass is 347 g/mol. The highest BCUT2D eigenvalue weighted by molar-refractivity contribution is 5.74. The molecular formula is C18H22FN3O3. The summed E-state index contributed by atoms with van der Waals surface area (Å²) in [7, 11) is 0. The Labute approximate surface area is 145 Å². The van der Waals surface area contributed by atoms with E-state index >= 15 is 0 Å². The molecule has 1 aliphatic rings. The van der Waals surface area contributed by atoms with Gasteiger partial charge in [-0.25, -0.2) is 9.18 Å². The van der Waals surface area contributed by atoms with Crippen LogP contribution in [0.25, 0.3) is 0 Å². The van der Waals surface area contributed by atoms with Crippen molar-refractivity contribution in [2.24, 2.45) is 5.92 Å². The second-order valence-corrected chi connectivity index (χ2v) is 6.45. The fraction of sp³-hybridized carbons (Fsp3) is 0.444. The number of halogens is 1. The molecule has 0 aliphatic heterocycles. The van der Waals surface area contributed by atoms with E-state index in [1.807, 2.05) is 0 Å². The van der Waals surface area contributed by atoms with Gasteiger partial charge in [-0.3, -0.25) is 0 Å². The Morgan fingerprint density at radius 2 is 2.24 bits per heavy atom. The standard InChI is InChI=1S/C18H22FN3O3/c1-12-6-7-13(8-12)21-18(23)20-10-14-9-15(25-22-14)11-24-17-5-3-2-4-16(17)19/h2-5,9,12-13H,6-8,10-11H2,1H3,(H2,20,21,23)/t12-,13-/m1/s1. The summed E-state index contributed by atoms with van der Waals surface area (Å²) in [5, 5.41) is 9.60. The van der Waals surface area contributed by atoms with Crippen LogP contribution in [0.2, 0.25) is 0 Å². The van der Waals surface area contributed by atoms with E-state index < -0.39 is 5.82 Å². The van der Waals surface area contributed by atoms with Gasteiger partial charge in [0.05, 0.1) is 6.54 Å². The van der Waals surface area contributed by atoms with Crippen LogP contribution in [0.4, 0.5) is 9.18 Å². The summed E-state index contributed by atoms with van der Waals surface area (Å²) in [6.45, 7) is 2.53. The van der Waals surface area contributed by atoms with Crippen LogP contribution in [0.15, 0.2) is 34.9 Å². The van der Waals surface area contributed by atoms with Crippen molar-refractivity contribution in [1.82, 2.24) is 15.8 Å². The smallest absolute Gasteiger partial charge is 0.315 e. The lowest BCUT2D eigenvalue weighted by Crippen LogP contribution is -2.40. The fourth-order valence-electron chi connectivity index (χ4n) is 2.96. The van der Waals surface area contributed by atoms with Crippen LogP contribution in [0, 0.1) is 11.7 Å². The third-order valence-corrected chi connectivity index (χ3v) is 4.27. The first-order chi connectivity index (χ1) is 12.1. The summed E-state index contributed by atoms with van der Waals surface area (Å²) < 4.78 is 24.0. The molecular weight excluding hydrogens is 325 g/mol. The maximum atomic E-state index is 13.5. The van der Waals surface area contributed by atoms with Gasteiger partial charge in [0.1, 0.15) is 12.3 Å². The minimum atomic E-state index is -0.429. The molecule has 6 nitrogen and oxygen atoms in total. The van der Waals surface area contributed by atoms with Crippen molar-refractivity contribution in [2.45, 2.75) is 45.4 Å². The number of carbonyl (C=O) groups is 1. The van der Waals surface area contributed by atoms with E-state index in [9.17, 15) is 9.18 Å². The molecule has 1 heterocycles. The molecule has 1 fully saturated rings. The highest BCUT2D eigenvalue weighted by Gasteiger charge is 2.22. The van der Waals surface area contributed by atoms with E-state index in [0.29, 0.717) is 17.4 Å². The van der Waals surface area contributed by atoms with Gasteiger partial charge in [-0.15, -0.1) is 0 Å². The molecule has 0 bridgehead atoms. The second-order valence-electron chi connectivity index (χ2n) is 6.45. The third kappa shape index (κ3) is 4.95. The number of urea groups is 1. The lowest BCUT2D eigenvalue weighted by molar-refractivity contribution is 0.235. The number of carbonyl (C=O) groups excluding carboxylic acids is 1. The molecule has 0 saturated heterocycles. The molecule has 2 N–H and O–H groups in total. The molecule has 3 rings (SSSR count). The molecule has 25 heavy (non-hydrogen) atoms.